The van der Waals surface area contributed by atoms with Crippen LogP contribution in [0, 0.1) is 0 Å². The standard InChI is InChI=1S/C8H11N3O/c1-6(11-8(9)12)7-2-4-10-5-3-7/h2-6H,1H3,(H3,9,11,12)/t6-/m0/s1. The van der Waals surface area contributed by atoms with Crippen LogP contribution in [0.15, 0.2) is 24.5 Å². The molecule has 1 rings (SSSR count). The van der Waals surface area contributed by atoms with Crippen LogP contribution in [0.1, 0.15) is 18.5 Å². The lowest BCUT2D eigenvalue weighted by Crippen LogP contribution is -2.31. The first-order valence-electron chi connectivity index (χ1n) is 3.66. The Hall–Kier alpha value is -1.58. The number of pyridine rings is 1. The van der Waals surface area contributed by atoms with Gasteiger partial charge in [-0.3, -0.25) is 4.98 Å². The van der Waals surface area contributed by atoms with Gasteiger partial charge in [0.1, 0.15) is 0 Å². The summed E-state index contributed by atoms with van der Waals surface area (Å²) in [5, 5.41) is 2.57. The molecule has 0 unspecified atom stereocenters. The summed E-state index contributed by atoms with van der Waals surface area (Å²) >= 11 is 0. The minimum absolute atomic E-state index is 0.0644. The van der Waals surface area contributed by atoms with E-state index in [4.69, 9.17) is 5.73 Å². The van der Waals surface area contributed by atoms with Gasteiger partial charge in [-0.2, -0.15) is 0 Å². The Morgan fingerprint density at radius 2 is 2.17 bits per heavy atom. The summed E-state index contributed by atoms with van der Waals surface area (Å²) in [4.78, 5) is 14.3. The van der Waals surface area contributed by atoms with Crippen molar-refractivity contribution >= 4 is 6.03 Å². The van der Waals surface area contributed by atoms with Gasteiger partial charge in [0.15, 0.2) is 0 Å². The van der Waals surface area contributed by atoms with E-state index >= 15 is 0 Å². The molecule has 0 aliphatic rings. The molecular weight excluding hydrogens is 154 g/mol. The molecule has 0 radical (unpaired) electrons. The number of urea groups is 1. The van der Waals surface area contributed by atoms with Crippen LogP contribution in [0.5, 0.6) is 0 Å². The molecule has 12 heavy (non-hydrogen) atoms. The second-order valence-corrected chi connectivity index (χ2v) is 2.51. The maximum atomic E-state index is 10.5. The fourth-order valence-electron chi connectivity index (χ4n) is 0.949. The van der Waals surface area contributed by atoms with Crippen molar-refractivity contribution < 1.29 is 4.79 Å². The van der Waals surface area contributed by atoms with Crippen LogP contribution < -0.4 is 11.1 Å². The second kappa shape index (κ2) is 3.71. The number of hydrogen-bond acceptors (Lipinski definition) is 2. The number of carbonyl (C=O) groups is 1. The first-order chi connectivity index (χ1) is 5.70. The summed E-state index contributed by atoms with van der Waals surface area (Å²) in [6, 6.07) is 3.09. The number of rotatable bonds is 2. The van der Waals surface area contributed by atoms with Crippen molar-refractivity contribution in [1.82, 2.24) is 10.3 Å². The third-order valence-electron chi connectivity index (χ3n) is 1.56. The fraction of sp³-hybridized carbons (Fsp3) is 0.250. The highest BCUT2D eigenvalue weighted by molar-refractivity contribution is 5.72. The minimum Gasteiger partial charge on any atom is -0.352 e. The van der Waals surface area contributed by atoms with Crippen LogP contribution in [0.4, 0.5) is 4.79 Å². The predicted octanol–water partition coefficient (Wildman–Crippen LogP) is 0.811. The first kappa shape index (κ1) is 8.52. The van der Waals surface area contributed by atoms with E-state index < -0.39 is 6.03 Å². The summed E-state index contributed by atoms with van der Waals surface area (Å²) < 4.78 is 0. The minimum atomic E-state index is -0.515. The normalized spacial score (nSPS) is 12.1. The molecule has 0 spiro atoms. The molecule has 1 aromatic rings. The monoisotopic (exact) mass is 165 g/mol. The smallest absolute Gasteiger partial charge is 0.312 e. The van der Waals surface area contributed by atoms with E-state index in [9.17, 15) is 4.79 Å². The molecule has 1 heterocycles. The average Bonchev–Trinajstić information content (AvgIpc) is 2.05. The largest absolute Gasteiger partial charge is 0.352 e. The molecule has 0 aliphatic carbocycles. The van der Waals surface area contributed by atoms with Crippen molar-refractivity contribution in [2.75, 3.05) is 0 Å². The van der Waals surface area contributed by atoms with E-state index in [1.165, 1.54) is 0 Å². The van der Waals surface area contributed by atoms with E-state index in [0.717, 1.165) is 5.56 Å². The highest BCUT2D eigenvalue weighted by Crippen LogP contribution is 2.08. The molecule has 4 nitrogen and oxygen atoms in total. The molecule has 1 aromatic heterocycles. The van der Waals surface area contributed by atoms with E-state index in [1.54, 1.807) is 12.4 Å². The SMILES string of the molecule is C[C@H](NC(N)=O)c1ccncc1. The third-order valence-corrected chi connectivity index (χ3v) is 1.56. The number of hydrogen-bond donors (Lipinski definition) is 2. The fourth-order valence-corrected chi connectivity index (χ4v) is 0.949. The van der Waals surface area contributed by atoms with E-state index in [-0.39, 0.29) is 6.04 Å². The third kappa shape index (κ3) is 2.23. The molecule has 0 bridgehead atoms. The summed E-state index contributed by atoms with van der Waals surface area (Å²) in [7, 11) is 0. The van der Waals surface area contributed by atoms with E-state index in [2.05, 4.69) is 10.3 Å². The van der Waals surface area contributed by atoms with Gasteiger partial charge in [0.25, 0.3) is 0 Å². The molecule has 0 saturated heterocycles. The number of nitrogens with one attached hydrogen (secondary N) is 1. The van der Waals surface area contributed by atoms with Crippen LogP contribution in [0.2, 0.25) is 0 Å². The van der Waals surface area contributed by atoms with Gasteiger partial charge in [-0.1, -0.05) is 0 Å². The summed E-state index contributed by atoms with van der Waals surface area (Å²) in [5.74, 6) is 0. The summed E-state index contributed by atoms with van der Waals surface area (Å²) in [5.41, 5.74) is 5.95. The van der Waals surface area contributed by atoms with Crippen LogP contribution in [-0.2, 0) is 0 Å². The first-order valence-corrected chi connectivity index (χ1v) is 3.66. The van der Waals surface area contributed by atoms with Crippen molar-refractivity contribution in [1.29, 1.82) is 0 Å². The Bertz CT molecular complexity index is 260. The zero-order valence-electron chi connectivity index (χ0n) is 6.82. The van der Waals surface area contributed by atoms with Gasteiger partial charge in [-0.15, -0.1) is 0 Å². The number of carbonyl (C=O) groups excluding carboxylic acids is 1. The molecule has 3 N–H and O–H groups in total. The van der Waals surface area contributed by atoms with Crippen LogP contribution >= 0.6 is 0 Å². The zero-order chi connectivity index (χ0) is 8.97. The Balaban J connectivity index is 2.65. The lowest BCUT2D eigenvalue weighted by molar-refractivity contribution is 0.246. The van der Waals surface area contributed by atoms with Gasteiger partial charge >= 0.3 is 6.03 Å². The molecule has 2 amide bonds. The number of aromatic nitrogens is 1. The van der Waals surface area contributed by atoms with Gasteiger partial charge in [0.05, 0.1) is 6.04 Å². The molecule has 4 heteroatoms. The van der Waals surface area contributed by atoms with E-state index in [1.807, 2.05) is 19.1 Å². The second-order valence-electron chi connectivity index (χ2n) is 2.51. The number of amides is 2. The Morgan fingerprint density at radius 1 is 1.58 bits per heavy atom. The van der Waals surface area contributed by atoms with E-state index in [0.29, 0.717) is 0 Å². The number of nitrogens with zero attached hydrogens (tertiary/aromatic N) is 1. The quantitative estimate of drug-likeness (QED) is 0.681. The van der Waals surface area contributed by atoms with Crippen LogP contribution in [0.3, 0.4) is 0 Å². The Morgan fingerprint density at radius 3 is 2.67 bits per heavy atom. The molecule has 0 aliphatic heterocycles. The maximum Gasteiger partial charge on any atom is 0.312 e. The van der Waals surface area contributed by atoms with Crippen molar-refractivity contribution in [2.45, 2.75) is 13.0 Å². The van der Waals surface area contributed by atoms with Crippen molar-refractivity contribution in [3.63, 3.8) is 0 Å². The topological polar surface area (TPSA) is 68.0 Å². The molecule has 0 aromatic carbocycles. The molecular formula is C8H11N3O. The molecule has 64 valence electrons. The van der Waals surface area contributed by atoms with Crippen molar-refractivity contribution in [2.24, 2.45) is 5.73 Å². The molecule has 0 fully saturated rings. The summed E-state index contributed by atoms with van der Waals surface area (Å²) in [6.45, 7) is 1.86. The lowest BCUT2D eigenvalue weighted by Gasteiger charge is -2.11. The average molecular weight is 165 g/mol. The zero-order valence-corrected chi connectivity index (χ0v) is 6.82. The number of primary amides is 1. The van der Waals surface area contributed by atoms with Crippen molar-refractivity contribution in [3.8, 4) is 0 Å². The van der Waals surface area contributed by atoms with Crippen LogP contribution in [0.25, 0.3) is 0 Å². The van der Waals surface area contributed by atoms with Gasteiger partial charge in [0.2, 0.25) is 0 Å². The Labute approximate surface area is 70.8 Å². The number of nitrogens with two attached hydrogens (primary N) is 1. The maximum absolute atomic E-state index is 10.5. The van der Waals surface area contributed by atoms with Gasteiger partial charge in [0, 0.05) is 12.4 Å². The predicted molar refractivity (Wildman–Crippen MR) is 45.4 cm³/mol. The van der Waals surface area contributed by atoms with Gasteiger partial charge in [-0.05, 0) is 24.6 Å². The lowest BCUT2D eigenvalue weighted by atomic mass is 10.1. The van der Waals surface area contributed by atoms with Gasteiger partial charge < -0.3 is 11.1 Å². The highest BCUT2D eigenvalue weighted by Gasteiger charge is 2.04. The Kier molecular flexibility index (Phi) is 2.63. The van der Waals surface area contributed by atoms with Crippen molar-refractivity contribution in [3.05, 3.63) is 30.1 Å². The highest BCUT2D eigenvalue weighted by atomic mass is 16.2. The summed E-state index contributed by atoms with van der Waals surface area (Å²) in [6.07, 6.45) is 3.35. The molecule has 0 saturated carbocycles. The van der Waals surface area contributed by atoms with Gasteiger partial charge in [-0.25, -0.2) is 4.79 Å². The molecule has 1 atom stereocenters. The van der Waals surface area contributed by atoms with Crippen LogP contribution in [-0.4, -0.2) is 11.0 Å².